The lowest BCUT2D eigenvalue weighted by atomic mass is 10.0. The van der Waals surface area contributed by atoms with Gasteiger partial charge < -0.3 is 15.4 Å². The fourth-order valence-corrected chi connectivity index (χ4v) is 3.75. The number of imide groups is 1. The summed E-state index contributed by atoms with van der Waals surface area (Å²) < 4.78 is 5.41. The molecule has 2 N–H and O–H groups in total. The summed E-state index contributed by atoms with van der Waals surface area (Å²) in [5.74, 6) is -0.289. The predicted octanol–water partition coefficient (Wildman–Crippen LogP) is 2.45. The second kappa shape index (κ2) is 7.67. The van der Waals surface area contributed by atoms with Gasteiger partial charge in [0.15, 0.2) is 0 Å². The Balaban J connectivity index is 1.58. The van der Waals surface area contributed by atoms with Gasteiger partial charge in [0.2, 0.25) is 0 Å². The van der Waals surface area contributed by atoms with Crippen molar-refractivity contribution in [3.63, 3.8) is 0 Å². The van der Waals surface area contributed by atoms with Gasteiger partial charge in [-0.1, -0.05) is 0 Å². The Labute approximate surface area is 169 Å². The van der Waals surface area contributed by atoms with Crippen LogP contribution in [0.1, 0.15) is 50.8 Å². The number of fused-ring (bicyclic) bond motifs is 1. The number of amides is 3. The van der Waals surface area contributed by atoms with Crippen molar-refractivity contribution >= 4 is 23.4 Å². The number of ether oxygens (including phenoxy) is 1. The van der Waals surface area contributed by atoms with Crippen LogP contribution in [0.15, 0.2) is 42.5 Å². The van der Waals surface area contributed by atoms with Crippen molar-refractivity contribution < 1.29 is 19.1 Å². The van der Waals surface area contributed by atoms with E-state index in [4.69, 9.17) is 10.5 Å². The summed E-state index contributed by atoms with van der Waals surface area (Å²) in [5.41, 5.74) is 7.35. The van der Waals surface area contributed by atoms with E-state index in [-0.39, 0.29) is 17.5 Å². The molecule has 29 heavy (non-hydrogen) atoms. The van der Waals surface area contributed by atoms with Gasteiger partial charge in [0, 0.05) is 24.7 Å². The Morgan fingerprint density at radius 2 is 1.69 bits per heavy atom. The van der Waals surface area contributed by atoms with Crippen LogP contribution in [0, 0.1) is 0 Å². The van der Waals surface area contributed by atoms with E-state index in [0.717, 1.165) is 17.7 Å². The average Bonchev–Trinajstić information content (AvgIpc) is 2.99. The van der Waals surface area contributed by atoms with Crippen LogP contribution in [-0.2, 0) is 0 Å². The minimum atomic E-state index is -0.426. The monoisotopic (exact) mass is 393 g/mol. The van der Waals surface area contributed by atoms with Crippen LogP contribution in [-0.4, -0.2) is 48.4 Å². The number of hydrogen-bond donors (Lipinski definition) is 1. The summed E-state index contributed by atoms with van der Waals surface area (Å²) in [7, 11) is 0. The van der Waals surface area contributed by atoms with E-state index in [1.807, 2.05) is 6.92 Å². The molecule has 7 nitrogen and oxygen atoms in total. The predicted molar refractivity (Wildman–Crippen MR) is 108 cm³/mol. The zero-order valence-electron chi connectivity index (χ0n) is 16.3. The minimum absolute atomic E-state index is 0.126. The van der Waals surface area contributed by atoms with Crippen LogP contribution in [0.2, 0.25) is 0 Å². The molecule has 0 aliphatic carbocycles. The first-order valence-electron chi connectivity index (χ1n) is 9.80. The van der Waals surface area contributed by atoms with Crippen molar-refractivity contribution in [2.45, 2.75) is 25.8 Å². The molecule has 7 heteroatoms. The number of nitrogens with zero attached hydrogens (tertiary/aromatic N) is 2. The number of rotatable bonds is 4. The van der Waals surface area contributed by atoms with E-state index in [1.165, 1.54) is 6.07 Å². The number of benzene rings is 2. The number of carbonyl (C=O) groups excluding carboxylic acids is 3. The lowest BCUT2D eigenvalue weighted by Crippen LogP contribution is -2.42. The van der Waals surface area contributed by atoms with Crippen molar-refractivity contribution in [2.75, 3.05) is 24.6 Å². The molecule has 0 aromatic heterocycles. The third-order valence-corrected chi connectivity index (χ3v) is 5.37. The Bertz CT molecular complexity index is 963. The molecule has 150 valence electrons. The first kappa shape index (κ1) is 19.1. The summed E-state index contributed by atoms with van der Waals surface area (Å²) in [6.07, 6.45) is 1.53. The number of carbonyl (C=O) groups is 3. The van der Waals surface area contributed by atoms with Crippen LogP contribution in [0.3, 0.4) is 0 Å². The number of piperidine rings is 1. The molecule has 2 heterocycles. The van der Waals surface area contributed by atoms with Crippen molar-refractivity contribution in [3.05, 3.63) is 59.2 Å². The van der Waals surface area contributed by atoms with Gasteiger partial charge >= 0.3 is 0 Å². The van der Waals surface area contributed by atoms with Crippen LogP contribution in [0.4, 0.5) is 5.69 Å². The number of nitrogens with two attached hydrogens (primary N) is 1. The SMILES string of the molecule is CCOc1ccc(N2C(=O)c3ccc(C(=O)N4CCC(N)CC4)cc3C2=O)cc1. The molecule has 0 spiro atoms. The first-order chi connectivity index (χ1) is 14.0. The Kier molecular flexibility index (Phi) is 5.07. The van der Waals surface area contributed by atoms with E-state index in [2.05, 4.69) is 0 Å². The lowest BCUT2D eigenvalue weighted by Gasteiger charge is -2.30. The lowest BCUT2D eigenvalue weighted by molar-refractivity contribution is 0.0714. The largest absolute Gasteiger partial charge is 0.494 e. The highest BCUT2D eigenvalue weighted by atomic mass is 16.5. The maximum Gasteiger partial charge on any atom is 0.266 e. The van der Waals surface area contributed by atoms with E-state index >= 15 is 0 Å². The Morgan fingerprint density at radius 1 is 1.03 bits per heavy atom. The smallest absolute Gasteiger partial charge is 0.266 e. The molecular formula is C22H23N3O4. The molecule has 0 radical (unpaired) electrons. The molecule has 2 aromatic rings. The highest BCUT2D eigenvalue weighted by Crippen LogP contribution is 2.30. The normalized spacial score (nSPS) is 16.9. The summed E-state index contributed by atoms with van der Waals surface area (Å²) >= 11 is 0. The first-order valence-corrected chi connectivity index (χ1v) is 9.80. The standard InChI is InChI=1S/C22H23N3O4/c1-2-29-17-6-4-16(5-7-17)25-21(27)18-8-3-14(13-19(18)22(25)28)20(26)24-11-9-15(23)10-12-24/h3-8,13,15H,2,9-12,23H2,1H3. The number of anilines is 1. The Hall–Kier alpha value is -3.19. The van der Waals surface area contributed by atoms with Gasteiger partial charge in [0.05, 0.1) is 23.4 Å². The van der Waals surface area contributed by atoms with E-state index in [9.17, 15) is 14.4 Å². The quantitative estimate of drug-likeness (QED) is 0.806. The van der Waals surface area contributed by atoms with Crippen LogP contribution < -0.4 is 15.4 Å². The molecule has 0 atom stereocenters. The molecule has 1 saturated heterocycles. The molecule has 0 saturated carbocycles. The van der Waals surface area contributed by atoms with E-state index in [1.54, 1.807) is 41.3 Å². The van der Waals surface area contributed by atoms with Crippen molar-refractivity contribution in [3.8, 4) is 5.75 Å². The zero-order chi connectivity index (χ0) is 20.5. The van der Waals surface area contributed by atoms with E-state index in [0.29, 0.717) is 42.3 Å². The fourth-order valence-electron chi connectivity index (χ4n) is 3.75. The third kappa shape index (κ3) is 3.49. The molecule has 2 aliphatic rings. The summed E-state index contributed by atoms with van der Waals surface area (Å²) in [6.45, 7) is 3.62. The van der Waals surface area contributed by atoms with Crippen LogP contribution in [0.25, 0.3) is 0 Å². The molecule has 4 rings (SSSR count). The molecule has 1 fully saturated rings. The minimum Gasteiger partial charge on any atom is -0.494 e. The molecule has 2 aliphatic heterocycles. The highest BCUT2D eigenvalue weighted by molar-refractivity contribution is 6.34. The van der Waals surface area contributed by atoms with Crippen LogP contribution in [0.5, 0.6) is 5.75 Å². The maximum absolute atomic E-state index is 12.9. The average molecular weight is 393 g/mol. The third-order valence-electron chi connectivity index (χ3n) is 5.37. The summed E-state index contributed by atoms with van der Waals surface area (Å²) in [4.78, 5) is 41.4. The van der Waals surface area contributed by atoms with Crippen LogP contribution >= 0.6 is 0 Å². The molecule has 0 unspecified atom stereocenters. The van der Waals surface area contributed by atoms with Gasteiger partial charge in [-0.05, 0) is 62.2 Å². The summed E-state index contributed by atoms with van der Waals surface area (Å²) in [6, 6.07) is 11.6. The zero-order valence-corrected chi connectivity index (χ0v) is 16.3. The van der Waals surface area contributed by atoms with Crippen molar-refractivity contribution in [2.24, 2.45) is 5.73 Å². The van der Waals surface area contributed by atoms with Gasteiger partial charge in [-0.15, -0.1) is 0 Å². The van der Waals surface area contributed by atoms with E-state index < -0.39 is 11.8 Å². The second-order valence-corrected chi connectivity index (χ2v) is 7.26. The number of hydrogen-bond acceptors (Lipinski definition) is 5. The van der Waals surface area contributed by atoms with Gasteiger partial charge in [-0.2, -0.15) is 0 Å². The van der Waals surface area contributed by atoms with Gasteiger partial charge in [-0.3, -0.25) is 14.4 Å². The van der Waals surface area contributed by atoms with Gasteiger partial charge in [0.25, 0.3) is 17.7 Å². The molecule has 2 aromatic carbocycles. The second-order valence-electron chi connectivity index (χ2n) is 7.26. The van der Waals surface area contributed by atoms with Gasteiger partial charge in [-0.25, -0.2) is 4.90 Å². The molecule has 0 bridgehead atoms. The van der Waals surface area contributed by atoms with Crippen molar-refractivity contribution in [1.82, 2.24) is 4.90 Å². The molecular weight excluding hydrogens is 370 g/mol. The molecule has 3 amide bonds. The van der Waals surface area contributed by atoms with Crippen molar-refractivity contribution in [1.29, 1.82) is 0 Å². The Morgan fingerprint density at radius 3 is 2.34 bits per heavy atom. The topological polar surface area (TPSA) is 92.9 Å². The fraction of sp³-hybridized carbons (Fsp3) is 0.318. The summed E-state index contributed by atoms with van der Waals surface area (Å²) in [5, 5.41) is 0. The van der Waals surface area contributed by atoms with Gasteiger partial charge in [0.1, 0.15) is 5.75 Å². The maximum atomic E-state index is 12.9. The highest BCUT2D eigenvalue weighted by Gasteiger charge is 2.37. The number of likely N-dealkylation sites (tertiary alicyclic amines) is 1.